The number of nitrogens with zero attached hydrogens (tertiary/aromatic N) is 2. The van der Waals surface area contributed by atoms with E-state index < -0.39 is 39.7 Å². The summed E-state index contributed by atoms with van der Waals surface area (Å²) in [5, 5.41) is 5.25. The third-order valence-electron chi connectivity index (χ3n) is 6.26. The molecule has 9 nitrogen and oxygen atoms in total. The highest BCUT2D eigenvalue weighted by atomic mass is 32.2. The zero-order chi connectivity index (χ0) is 26.6. The monoisotopic (exact) mass is 540 g/mol. The smallest absolute Gasteiger partial charge is 0.376 e. The highest BCUT2D eigenvalue weighted by molar-refractivity contribution is 7.89. The summed E-state index contributed by atoms with van der Waals surface area (Å²) < 4.78 is 71.7. The molecule has 37 heavy (non-hydrogen) atoms. The van der Waals surface area contributed by atoms with Gasteiger partial charge in [-0.3, -0.25) is 4.79 Å². The van der Waals surface area contributed by atoms with Crippen LogP contribution >= 0.6 is 0 Å². The van der Waals surface area contributed by atoms with Crippen LogP contribution < -0.4 is 10.6 Å². The first kappa shape index (κ1) is 26.9. The summed E-state index contributed by atoms with van der Waals surface area (Å²) in [6.07, 6.45) is -3.02. The highest BCUT2D eigenvalue weighted by Crippen LogP contribution is 2.30. The summed E-state index contributed by atoms with van der Waals surface area (Å²) in [6.45, 7) is 0.405. The summed E-state index contributed by atoms with van der Waals surface area (Å²) in [5.74, 6) is -0.568. The summed E-state index contributed by atoms with van der Waals surface area (Å²) >= 11 is 0. The molecule has 0 bridgehead atoms. The standard InChI is InChI=1S/C24H27F3N4O5S/c25-24(26,27)17-8-10-18(11-9-17)29-23(33)30-12-13-31(37(34,35)20-6-2-1-3-7-20)21(16-30)22(32)28-15-19-5-4-14-36-19/h1-3,6-11,19,21H,4-5,12-16H2,(H,28,32)(H,29,33). The first-order valence-electron chi connectivity index (χ1n) is 11.7. The van der Waals surface area contributed by atoms with Gasteiger partial charge in [0.2, 0.25) is 15.9 Å². The lowest BCUT2D eigenvalue weighted by atomic mass is 10.2. The fourth-order valence-electron chi connectivity index (χ4n) is 4.26. The second kappa shape index (κ2) is 11.1. The predicted molar refractivity (Wildman–Crippen MR) is 128 cm³/mol. The molecule has 2 aliphatic rings. The number of carbonyl (C=O) groups is 2. The van der Waals surface area contributed by atoms with E-state index in [1.165, 1.54) is 17.0 Å². The van der Waals surface area contributed by atoms with Crippen molar-refractivity contribution in [2.45, 2.75) is 36.1 Å². The molecule has 2 N–H and O–H groups in total. The Balaban J connectivity index is 1.50. The van der Waals surface area contributed by atoms with E-state index in [0.717, 1.165) is 41.4 Å². The number of anilines is 1. The Kier molecular flexibility index (Phi) is 8.05. The van der Waals surface area contributed by atoms with Gasteiger partial charge in [0.1, 0.15) is 6.04 Å². The lowest BCUT2D eigenvalue weighted by Gasteiger charge is -2.39. The molecule has 2 saturated heterocycles. The van der Waals surface area contributed by atoms with E-state index in [-0.39, 0.29) is 42.9 Å². The number of halogens is 3. The van der Waals surface area contributed by atoms with Gasteiger partial charge in [-0.1, -0.05) is 18.2 Å². The zero-order valence-corrected chi connectivity index (χ0v) is 20.6. The number of hydrogen-bond donors (Lipinski definition) is 2. The number of piperazine rings is 1. The minimum absolute atomic E-state index is 0.0198. The Hall–Kier alpha value is -3.16. The lowest BCUT2D eigenvalue weighted by Crippen LogP contribution is -2.62. The fraction of sp³-hybridized carbons (Fsp3) is 0.417. The van der Waals surface area contributed by atoms with Gasteiger partial charge in [0, 0.05) is 38.5 Å². The molecule has 200 valence electrons. The quantitative estimate of drug-likeness (QED) is 0.586. The van der Waals surface area contributed by atoms with E-state index >= 15 is 0 Å². The van der Waals surface area contributed by atoms with Crippen molar-refractivity contribution in [2.24, 2.45) is 0 Å². The largest absolute Gasteiger partial charge is 0.416 e. The van der Waals surface area contributed by atoms with Crippen molar-refractivity contribution in [1.82, 2.24) is 14.5 Å². The van der Waals surface area contributed by atoms with Crippen molar-refractivity contribution < 1.29 is 35.9 Å². The average Bonchev–Trinajstić information content (AvgIpc) is 3.41. The second-order valence-corrected chi connectivity index (χ2v) is 10.7. The fourth-order valence-corrected chi connectivity index (χ4v) is 5.85. The van der Waals surface area contributed by atoms with Gasteiger partial charge in [-0.25, -0.2) is 13.2 Å². The topological polar surface area (TPSA) is 108 Å². The number of benzene rings is 2. The van der Waals surface area contributed by atoms with Crippen LogP contribution in [-0.2, 0) is 25.7 Å². The van der Waals surface area contributed by atoms with Crippen LogP contribution in [0.4, 0.5) is 23.7 Å². The molecule has 13 heteroatoms. The third kappa shape index (κ3) is 6.40. The summed E-state index contributed by atoms with van der Waals surface area (Å²) in [7, 11) is -4.04. The van der Waals surface area contributed by atoms with Crippen molar-refractivity contribution in [3.8, 4) is 0 Å². The molecule has 2 aromatic rings. The van der Waals surface area contributed by atoms with Gasteiger partial charge in [0.05, 0.1) is 16.6 Å². The predicted octanol–water partition coefficient (Wildman–Crippen LogP) is 2.91. The van der Waals surface area contributed by atoms with Gasteiger partial charge in [0.25, 0.3) is 0 Å². The van der Waals surface area contributed by atoms with Gasteiger partial charge in [-0.2, -0.15) is 17.5 Å². The summed E-state index contributed by atoms with van der Waals surface area (Å²) in [4.78, 5) is 27.3. The first-order valence-corrected chi connectivity index (χ1v) is 13.2. The van der Waals surface area contributed by atoms with Gasteiger partial charge in [-0.05, 0) is 49.2 Å². The number of nitrogens with one attached hydrogen (secondary N) is 2. The number of urea groups is 1. The van der Waals surface area contributed by atoms with Crippen molar-refractivity contribution in [3.05, 3.63) is 60.2 Å². The lowest BCUT2D eigenvalue weighted by molar-refractivity contribution is -0.137. The van der Waals surface area contributed by atoms with Crippen molar-refractivity contribution in [3.63, 3.8) is 0 Å². The van der Waals surface area contributed by atoms with Crippen LogP contribution in [0.5, 0.6) is 0 Å². The maximum atomic E-state index is 13.4. The maximum absolute atomic E-state index is 13.4. The van der Waals surface area contributed by atoms with Crippen molar-refractivity contribution in [1.29, 1.82) is 0 Å². The van der Waals surface area contributed by atoms with E-state index in [9.17, 15) is 31.2 Å². The molecule has 0 radical (unpaired) electrons. The normalized spacial score (nSPS) is 21.0. The molecular formula is C24H27F3N4O5S. The van der Waals surface area contributed by atoms with Crippen LogP contribution in [0.15, 0.2) is 59.5 Å². The molecule has 0 aliphatic carbocycles. The van der Waals surface area contributed by atoms with Crippen LogP contribution in [0.2, 0.25) is 0 Å². The Morgan fingerprint density at radius 2 is 1.73 bits per heavy atom. The van der Waals surface area contributed by atoms with E-state index in [1.807, 2.05) is 0 Å². The molecule has 0 spiro atoms. The van der Waals surface area contributed by atoms with E-state index in [0.29, 0.717) is 6.61 Å². The minimum atomic E-state index is -4.51. The van der Waals surface area contributed by atoms with E-state index in [1.54, 1.807) is 18.2 Å². The molecule has 2 aliphatic heterocycles. The number of rotatable bonds is 6. The zero-order valence-electron chi connectivity index (χ0n) is 19.8. The highest BCUT2D eigenvalue weighted by Gasteiger charge is 2.41. The second-order valence-electron chi connectivity index (χ2n) is 8.78. The number of hydrogen-bond acceptors (Lipinski definition) is 5. The number of carbonyl (C=O) groups excluding carboxylic acids is 2. The Morgan fingerprint density at radius 1 is 1.03 bits per heavy atom. The van der Waals surface area contributed by atoms with Crippen molar-refractivity contribution >= 4 is 27.6 Å². The Bertz CT molecular complexity index is 1200. The van der Waals surface area contributed by atoms with Gasteiger partial charge >= 0.3 is 12.2 Å². The molecule has 2 fully saturated rings. The molecule has 2 unspecified atom stereocenters. The summed E-state index contributed by atoms with van der Waals surface area (Å²) in [5.41, 5.74) is -0.718. The average molecular weight is 541 g/mol. The van der Waals surface area contributed by atoms with Crippen molar-refractivity contribution in [2.75, 3.05) is 38.1 Å². The SMILES string of the molecule is O=C(NCC1CCCO1)C1CN(C(=O)Nc2ccc(C(F)(F)F)cc2)CCN1S(=O)(=O)c1ccccc1. The van der Waals surface area contributed by atoms with Crippen LogP contribution in [0, 0.1) is 0 Å². The molecule has 2 heterocycles. The minimum Gasteiger partial charge on any atom is -0.376 e. The molecule has 2 aromatic carbocycles. The molecule has 4 rings (SSSR count). The van der Waals surface area contributed by atoms with Gasteiger partial charge in [0.15, 0.2) is 0 Å². The maximum Gasteiger partial charge on any atom is 0.416 e. The number of ether oxygens (including phenoxy) is 1. The third-order valence-corrected chi connectivity index (χ3v) is 8.18. The molecule has 0 aromatic heterocycles. The number of alkyl halides is 3. The van der Waals surface area contributed by atoms with Crippen LogP contribution in [0.1, 0.15) is 18.4 Å². The molecular weight excluding hydrogens is 513 g/mol. The van der Waals surface area contributed by atoms with Crippen LogP contribution in [-0.4, -0.2) is 74.5 Å². The first-order chi connectivity index (χ1) is 17.6. The Morgan fingerprint density at radius 3 is 2.35 bits per heavy atom. The van der Waals surface area contributed by atoms with Gasteiger partial charge < -0.3 is 20.3 Å². The summed E-state index contributed by atoms with van der Waals surface area (Å²) in [6, 6.07) is 9.77. The van der Waals surface area contributed by atoms with Crippen LogP contribution in [0.25, 0.3) is 0 Å². The number of amides is 3. The Labute approximate surface area is 212 Å². The van der Waals surface area contributed by atoms with Gasteiger partial charge in [-0.15, -0.1) is 0 Å². The molecule has 3 amide bonds. The number of sulfonamides is 1. The van der Waals surface area contributed by atoms with E-state index in [4.69, 9.17) is 4.74 Å². The molecule has 2 atom stereocenters. The van der Waals surface area contributed by atoms with Crippen LogP contribution in [0.3, 0.4) is 0 Å². The van der Waals surface area contributed by atoms with E-state index in [2.05, 4.69) is 10.6 Å². The molecule has 0 saturated carbocycles.